The maximum atomic E-state index is 12.7. The minimum atomic E-state index is -1.21. The summed E-state index contributed by atoms with van der Waals surface area (Å²) in [7, 11) is 0. The Morgan fingerprint density at radius 1 is 1.10 bits per heavy atom. The molecule has 0 aromatic carbocycles. The number of rotatable bonds is 5. The molecule has 0 aromatic heterocycles. The summed E-state index contributed by atoms with van der Waals surface area (Å²) in [5, 5.41) is 11.7. The lowest BCUT2D eigenvalue weighted by Gasteiger charge is -2.55. The van der Waals surface area contributed by atoms with Crippen molar-refractivity contribution in [2.45, 2.75) is 51.0 Å². The summed E-state index contributed by atoms with van der Waals surface area (Å²) in [6, 6.07) is -1.21. The lowest BCUT2D eigenvalue weighted by atomic mass is 9.49. The van der Waals surface area contributed by atoms with Crippen LogP contribution in [0.25, 0.3) is 0 Å². The third kappa shape index (κ3) is 2.63. The zero-order valence-electron chi connectivity index (χ0n) is 12.0. The van der Waals surface area contributed by atoms with Crippen LogP contribution in [0.1, 0.15) is 44.9 Å². The topological polar surface area (TPSA) is 109 Å². The first-order valence-corrected chi connectivity index (χ1v) is 7.70. The third-order valence-corrected chi connectivity index (χ3v) is 5.53. The van der Waals surface area contributed by atoms with E-state index in [-0.39, 0.29) is 12.3 Å². The van der Waals surface area contributed by atoms with Crippen LogP contribution >= 0.6 is 0 Å². The first-order chi connectivity index (χ1) is 9.88. The van der Waals surface area contributed by atoms with Crippen molar-refractivity contribution < 1.29 is 19.5 Å². The number of amides is 2. The van der Waals surface area contributed by atoms with Gasteiger partial charge in [0, 0.05) is 5.41 Å². The Balaban J connectivity index is 1.72. The van der Waals surface area contributed by atoms with Crippen LogP contribution in [0.3, 0.4) is 0 Å². The average molecular weight is 294 g/mol. The summed E-state index contributed by atoms with van der Waals surface area (Å²) in [4.78, 5) is 34.8. The van der Waals surface area contributed by atoms with Gasteiger partial charge in [-0.25, -0.2) is 4.79 Å². The zero-order valence-corrected chi connectivity index (χ0v) is 12.0. The summed E-state index contributed by atoms with van der Waals surface area (Å²) in [6.07, 6.45) is 5.91. The predicted octanol–water partition coefficient (Wildman–Crippen LogP) is 0.648. The first kappa shape index (κ1) is 14.4. The molecule has 0 heterocycles. The normalized spacial score (nSPS) is 38.0. The Labute approximate surface area is 123 Å². The van der Waals surface area contributed by atoms with E-state index in [1.165, 1.54) is 19.3 Å². The highest BCUT2D eigenvalue weighted by molar-refractivity contribution is 5.90. The second-order valence-electron chi connectivity index (χ2n) is 7.23. The number of carboxylic acids is 1. The summed E-state index contributed by atoms with van der Waals surface area (Å²) in [5.74, 6) is -0.264. The van der Waals surface area contributed by atoms with Gasteiger partial charge in [0.1, 0.15) is 6.04 Å². The molecule has 2 amide bonds. The lowest BCUT2D eigenvalue weighted by molar-refractivity contribution is -0.152. The summed E-state index contributed by atoms with van der Waals surface area (Å²) in [5.41, 5.74) is 4.66. The molecule has 6 nitrogen and oxygen atoms in total. The van der Waals surface area contributed by atoms with E-state index in [1.807, 2.05) is 0 Å². The van der Waals surface area contributed by atoms with Gasteiger partial charge in [0.15, 0.2) is 0 Å². The number of carbonyl (C=O) groups excluding carboxylic acids is 2. The molecule has 4 bridgehead atoms. The molecule has 6 heteroatoms. The van der Waals surface area contributed by atoms with Gasteiger partial charge < -0.3 is 16.2 Å². The molecule has 4 saturated carbocycles. The van der Waals surface area contributed by atoms with Gasteiger partial charge >= 0.3 is 5.97 Å². The van der Waals surface area contributed by atoms with Crippen molar-refractivity contribution in [3.63, 3.8) is 0 Å². The Kier molecular flexibility index (Phi) is 3.42. The standard InChI is InChI=1S/C15H22N2O4/c16-12(18)4-11(13(19)20)17-14(21)15-5-8-1-9(6-15)3-10(2-8)7-15/h8-11H,1-7H2,(H2,16,18)(H,17,21)(H,19,20). The molecule has 21 heavy (non-hydrogen) atoms. The van der Waals surface area contributed by atoms with Crippen LogP contribution in [0.2, 0.25) is 0 Å². The first-order valence-electron chi connectivity index (χ1n) is 7.70. The van der Waals surface area contributed by atoms with Crippen LogP contribution in [0, 0.1) is 23.2 Å². The van der Waals surface area contributed by atoms with Crippen molar-refractivity contribution >= 4 is 17.8 Å². The van der Waals surface area contributed by atoms with Gasteiger partial charge in [0.2, 0.25) is 11.8 Å². The predicted molar refractivity (Wildman–Crippen MR) is 74.0 cm³/mol. The van der Waals surface area contributed by atoms with E-state index in [2.05, 4.69) is 5.32 Å². The van der Waals surface area contributed by atoms with Gasteiger partial charge in [-0.3, -0.25) is 9.59 Å². The molecule has 116 valence electrons. The Hall–Kier alpha value is -1.59. The van der Waals surface area contributed by atoms with Crippen LogP contribution in [0.5, 0.6) is 0 Å². The smallest absolute Gasteiger partial charge is 0.326 e. The molecule has 1 unspecified atom stereocenters. The quantitative estimate of drug-likeness (QED) is 0.691. The number of nitrogens with two attached hydrogens (primary N) is 1. The third-order valence-electron chi connectivity index (χ3n) is 5.53. The summed E-state index contributed by atoms with van der Waals surface area (Å²) >= 11 is 0. The van der Waals surface area contributed by atoms with Gasteiger partial charge in [0.25, 0.3) is 0 Å². The maximum absolute atomic E-state index is 12.7. The fraction of sp³-hybridized carbons (Fsp3) is 0.800. The maximum Gasteiger partial charge on any atom is 0.326 e. The number of carbonyl (C=O) groups is 3. The molecule has 4 rings (SSSR count). The van der Waals surface area contributed by atoms with E-state index in [1.54, 1.807) is 0 Å². The molecule has 4 aliphatic rings. The summed E-state index contributed by atoms with van der Waals surface area (Å²) in [6.45, 7) is 0. The number of aliphatic carboxylic acids is 1. The fourth-order valence-corrected chi connectivity index (χ4v) is 5.10. The van der Waals surface area contributed by atoms with E-state index in [0.717, 1.165) is 19.3 Å². The number of primary amides is 1. The number of carboxylic acid groups (broad SMARTS) is 1. The molecule has 0 aliphatic heterocycles. The molecule has 0 aromatic rings. The number of nitrogens with one attached hydrogen (secondary N) is 1. The largest absolute Gasteiger partial charge is 0.480 e. The van der Waals surface area contributed by atoms with E-state index in [4.69, 9.17) is 10.8 Å². The monoisotopic (exact) mass is 294 g/mol. The fourth-order valence-electron chi connectivity index (χ4n) is 5.10. The lowest BCUT2D eigenvalue weighted by Crippen LogP contribution is -2.56. The minimum Gasteiger partial charge on any atom is -0.480 e. The highest BCUT2D eigenvalue weighted by atomic mass is 16.4. The van der Waals surface area contributed by atoms with E-state index >= 15 is 0 Å². The molecule has 0 saturated heterocycles. The second-order valence-corrected chi connectivity index (χ2v) is 7.23. The van der Waals surface area contributed by atoms with Gasteiger partial charge in [-0.2, -0.15) is 0 Å². The number of hydrogen-bond donors (Lipinski definition) is 3. The van der Waals surface area contributed by atoms with Gasteiger partial charge in [-0.1, -0.05) is 0 Å². The molecule has 0 radical (unpaired) electrons. The van der Waals surface area contributed by atoms with E-state index in [0.29, 0.717) is 17.8 Å². The van der Waals surface area contributed by atoms with Crippen LogP contribution in [-0.2, 0) is 14.4 Å². The molecule has 1 atom stereocenters. The van der Waals surface area contributed by atoms with Crippen LogP contribution in [0.15, 0.2) is 0 Å². The Morgan fingerprint density at radius 2 is 1.57 bits per heavy atom. The SMILES string of the molecule is NC(=O)CC(NC(=O)C12CC3CC(CC(C3)C1)C2)C(=O)O. The van der Waals surface area contributed by atoms with Crippen molar-refractivity contribution in [1.29, 1.82) is 0 Å². The highest BCUT2D eigenvalue weighted by Crippen LogP contribution is 2.60. The average Bonchev–Trinajstić information content (AvgIpc) is 2.35. The van der Waals surface area contributed by atoms with Crippen LogP contribution in [-0.4, -0.2) is 28.9 Å². The molecule has 4 aliphatic carbocycles. The van der Waals surface area contributed by atoms with Crippen LogP contribution < -0.4 is 11.1 Å². The summed E-state index contributed by atoms with van der Waals surface area (Å²) < 4.78 is 0. The molecular weight excluding hydrogens is 272 g/mol. The molecule has 4 fully saturated rings. The molecular formula is C15H22N2O4. The van der Waals surface area contributed by atoms with Crippen molar-refractivity contribution in [2.75, 3.05) is 0 Å². The number of hydrogen-bond acceptors (Lipinski definition) is 3. The van der Waals surface area contributed by atoms with E-state index < -0.39 is 23.3 Å². The molecule has 0 spiro atoms. The van der Waals surface area contributed by atoms with E-state index in [9.17, 15) is 14.4 Å². The van der Waals surface area contributed by atoms with Crippen molar-refractivity contribution in [2.24, 2.45) is 28.9 Å². The molecule has 4 N–H and O–H groups in total. The van der Waals surface area contributed by atoms with Gasteiger partial charge in [0.05, 0.1) is 6.42 Å². The Morgan fingerprint density at radius 3 is 1.95 bits per heavy atom. The van der Waals surface area contributed by atoms with Gasteiger partial charge in [-0.05, 0) is 56.3 Å². The second kappa shape index (κ2) is 5.00. The minimum absolute atomic E-state index is 0.185. The van der Waals surface area contributed by atoms with Crippen molar-refractivity contribution in [3.8, 4) is 0 Å². The van der Waals surface area contributed by atoms with Gasteiger partial charge in [-0.15, -0.1) is 0 Å². The Bertz CT molecular complexity index is 453. The van der Waals surface area contributed by atoms with Crippen molar-refractivity contribution in [1.82, 2.24) is 5.32 Å². The zero-order chi connectivity index (χ0) is 15.2. The highest BCUT2D eigenvalue weighted by Gasteiger charge is 2.54. The van der Waals surface area contributed by atoms with Crippen LogP contribution in [0.4, 0.5) is 0 Å². The van der Waals surface area contributed by atoms with Crippen molar-refractivity contribution in [3.05, 3.63) is 0 Å².